The number of anilines is 3. The number of halogens is 4. The van der Waals surface area contributed by atoms with Gasteiger partial charge in [0.05, 0.1) is 34.6 Å². The lowest BCUT2D eigenvalue weighted by atomic mass is 10.1. The van der Waals surface area contributed by atoms with Gasteiger partial charge in [-0.2, -0.15) is 18.2 Å². The Bertz CT molecular complexity index is 1490. The molecule has 2 atom stereocenters. The molecule has 2 fully saturated rings. The summed E-state index contributed by atoms with van der Waals surface area (Å²) in [6.45, 7) is 5.56. The maximum Gasteiger partial charge on any atom is 0.416 e. The first-order chi connectivity index (χ1) is 19.5. The van der Waals surface area contributed by atoms with Crippen LogP contribution in [-0.2, 0) is 15.7 Å². The molecule has 3 aromatic rings. The van der Waals surface area contributed by atoms with Gasteiger partial charge < -0.3 is 19.1 Å². The molecular weight excluding hydrogens is 563 g/mol. The van der Waals surface area contributed by atoms with E-state index in [-0.39, 0.29) is 40.9 Å². The molecule has 6 rings (SSSR count). The smallest absolute Gasteiger partial charge is 0.416 e. The van der Waals surface area contributed by atoms with Crippen molar-refractivity contribution in [2.75, 3.05) is 41.4 Å². The highest BCUT2D eigenvalue weighted by atomic mass is 35.5. The lowest BCUT2D eigenvalue weighted by Gasteiger charge is -2.36. The minimum atomic E-state index is -4.52. The molecule has 2 amide bonds. The van der Waals surface area contributed by atoms with E-state index in [9.17, 15) is 18.0 Å². The summed E-state index contributed by atoms with van der Waals surface area (Å²) in [5.41, 5.74) is 0.188. The molecule has 13 heteroatoms. The Morgan fingerprint density at radius 3 is 2.76 bits per heavy atom. The number of hydrogen-bond acceptors (Lipinski definition) is 7. The van der Waals surface area contributed by atoms with Gasteiger partial charge in [0.15, 0.2) is 11.6 Å². The number of nitrogens with one attached hydrogen (secondary N) is 1. The van der Waals surface area contributed by atoms with Crippen molar-refractivity contribution in [3.8, 4) is 17.1 Å². The lowest BCUT2D eigenvalue weighted by molar-refractivity contribution is -0.141. The van der Waals surface area contributed by atoms with E-state index in [1.54, 1.807) is 24.3 Å². The number of benzene rings is 1. The molecule has 2 bridgehead atoms. The number of carbonyl (C=O) groups excluding carboxylic acids is 1. The summed E-state index contributed by atoms with van der Waals surface area (Å²) in [6.07, 6.45) is -4.08. The van der Waals surface area contributed by atoms with E-state index >= 15 is 0 Å². The van der Waals surface area contributed by atoms with E-state index in [0.29, 0.717) is 43.5 Å². The Labute approximate surface area is 239 Å². The molecular formula is C28H27ClF3N5O4. The van der Waals surface area contributed by atoms with E-state index in [1.807, 2.05) is 13.8 Å². The Balaban J connectivity index is 1.25. The highest BCUT2D eigenvalue weighted by molar-refractivity contribution is 6.33. The van der Waals surface area contributed by atoms with Gasteiger partial charge in [-0.05, 0) is 44.5 Å². The number of hydrogen-bond donors (Lipinski definition) is 1. The van der Waals surface area contributed by atoms with E-state index in [2.05, 4.69) is 20.2 Å². The van der Waals surface area contributed by atoms with Gasteiger partial charge in [0.25, 0.3) is 0 Å². The van der Waals surface area contributed by atoms with E-state index in [1.165, 1.54) is 17.0 Å². The number of urea groups is 1. The van der Waals surface area contributed by atoms with Gasteiger partial charge >= 0.3 is 12.2 Å². The molecule has 0 unspecified atom stereocenters. The lowest BCUT2D eigenvalue weighted by Crippen LogP contribution is -2.48. The fourth-order valence-electron chi connectivity index (χ4n) is 5.29. The fraction of sp³-hybridized carbons (Fsp3) is 0.393. The summed E-state index contributed by atoms with van der Waals surface area (Å²) in [5.74, 6) is 0.225. The van der Waals surface area contributed by atoms with Crippen LogP contribution in [-0.4, -0.2) is 60.2 Å². The number of rotatable bonds is 5. The molecule has 41 heavy (non-hydrogen) atoms. The number of pyridine rings is 2. The molecule has 2 aromatic heterocycles. The van der Waals surface area contributed by atoms with Crippen LogP contribution < -0.4 is 19.9 Å². The predicted molar refractivity (Wildman–Crippen MR) is 146 cm³/mol. The average molecular weight is 590 g/mol. The largest absolute Gasteiger partial charge is 0.475 e. The Hall–Kier alpha value is -3.61. The van der Waals surface area contributed by atoms with Crippen LogP contribution in [0, 0.1) is 0 Å². The summed E-state index contributed by atoms with van der Waals surface area (Å²) in [7, 11) is 0. The number of nitrogens with zero attached hydrogens (tertiary/aromatic N) is 4. The Morgan fingerprint density at radius 1 is 1.20 bits per heavy atom. The number of ether oxygens (including phenoxy) is 3. The highest BCUT2D eigenvalue weighted by Crippen LogP contribution is 2.44. The van der Waals surface area contributed by atoms with Crippen LogP contribution in [0.4, 0.5) is 35.3 Å². The van der Waals surface area contributed by atoms with Crippen molar-refractivity contribution in [3.63, 3.8) is 0 Å². The molecule has 1 N–H and O–H groups in total. The third-order valence-electron chi connectivity index (χ3n) is 7.16. The van der Waals surface area contributed by atoms with Crippen LogP contribution in [0.25, 0.3) is 11.3 Å². The van der Waals surface area contributed by atoms with Crippen molar-refractivity contribution in [2.24, 2.45) is 0 Å². The zero-order valence-electron chi connectivity index (χ0n) is 22.2. The van der Waals surface area contributed by atoms with Crippen LogP contribution in [0.1, 0.15) is 25.8 Å². The van der Waals surface area contributed by atoms with Gasteiger partial charge in [-0.25, -0.2) is 9.78 Å². The van der Waals surface area contributed by atoms with Crippen molar-refractivity contribution in [1.82, 2.24) is 9.97 Å². The van der Waals surface area contributed by atoms with E-state index in [0.717, 1.165) is 12.1 Å². The van der Waals surface area contributed by atoms with Crippen molar-refractivity contribution >= 4 is 35.0 Å². The molecule has 0 radical (unpaired) electrons. The summed E-state index contributed by atoms with van der Waals surface area (Å²) in [4.78, 5) is 26.3. The summed E-state index contributed by atoms with van der Waals surface area (Å²) < 4.78 is 57.2. The topological polar surface area (TPSA) is 89.1 Å². The molecule has 2 saturated heterocycles. The predicted octanol–water partition coefficient (Wildman–Crippen LogP) is 5.98. The maximum absolute atomic E-state index is 13.6. The molecule has 9 nitrogen and oxygen atoms in total. The molecule has 3 aliphatic heterocycles. The van der Waals surface area contributed by atoms with Gasteiger partial charge in [0, 0.05) is 24.7 Å². The molecule has 0 spiro atoms. The number of alkyl halides is 3. The second kappa shape index (κ2) is 10.3. The van der Waals surface area contributed by atoms with Gasteiger partial charge in [-0.15, -0.1) is 0 Å². The number of fused-ring (bicyclic) bond motifs is 4. The third kappa shape index (κ3) is 5.64. The van der Waals surface area contributed by atoms with Crippen LogP contribution in [0.5, 0.6) is 5.88 Å². The van der Waals surface area contributed by atoms with Crippen molar-refractivity contribution in [3.05, 3.63) is 59.1 Å². The third-order valence-corrected chi connectivity index (χ3v) is 7.45. The molecule has 0 aliphatic carbocycles. The van der Waals surface area contributed by atoms with Crippen LogP contribution in [0.2, 0.25) is 5.02 Å². The first-order valence-corrected chi connectivity index (χ1v) is 13.5. The van der Waals surface area contributed by atoms with Gasteiger partial charge in [-0.3, -0.25) is 10.2 Å². The van der Waals surface area contributed by atoms with Crippen molar-refractivity contribution in [2.45, 2.75) is 44.4 Å². The normalized spacial score (nSPS) is 21.1. The van der Waals surface area contributed by atoms with Crippen LogP contribution in [0.3, 0.4) is 0 Å². The second-order valence-electron chi connectivity index (χ2n) is 10.6. The van der Waals surface area contributed by atoms with Crippen LogP contribution >= 0.6 is 11.6 Å². The Morgan fingerprint density at radius 2 is 2.00 bits per heavy atom. The van der Waals surface area contributed by atoms with Gasteiger partial charge in [0.2, 0.25) is 5.88 Å². The van der Waals surface area contributed by atoms with Gasteiger partial charge in [-0.1, -0.05) is 29.8 Å². The molecule has 3 aliphatic rings. The Kier molecular flexibility index (Phi) is 6.95. The molecule has 0 saturated carbocycles. The van der Waals surface area contributed by atoms with Gasteiger partial charge in [0.1, 0.15) is 18.5 Å². The zero-order chi connectivity index (χ0) is 28.9. The molecule has 5 heterocycles. The second-order valence-corrected chi connectivity index (χ2v) is 11.0. The van der Waals surface area contributed by atoms with E-state index in [4.69, 9.17) is 25.8 Å². The molecule has 1 aromatic carbocycles. The minimum Gasteiger partial charge on any atom is -0.475 e. The van der Waals surface area contributed by atoms with Crippen molar-refractivity contribution < 1.29 is 32.2 Å². The first-order valence-electron chi connectivity index (χ1n) is 13.1. The summed E-state index contributed by atoms with van der Waals surface area (Å²) in [5, 5.41) is 3.01. The monoisotopic (exact) mass is 589 g/mol. The first kappa shape index (κ1) is 27.6. The fourth-order valence-corrected chi connectivity index (χ4v) is 5.54. The standard InChI is InChI=1S/C28H27ClF3N5O4/c1-27(2)40-15-19(41-27)14-39-23-8-4-7-22(33-23)34-26(38)37-18-9-10-36(13-18)21-12-20(29)24(35-25(21)37)16-5-3-6-17(11-16)28(30,31)32/h3-8,11-12,18-19H,9-10,13-15H2,1-2H3,(H,33,34,38)/t18-,19-/m0/s1. The maximum atomic E-state index is 13.6. The quantitative estimate of drug-likeness (QED) is 0.392. The number of aromatic nitrogens is 2. The minimum absolute atomic E-state index is 0.159. The summed E-state index contributed by atoms with van der Waals surface area (Å²) in [6, 6.07) is 10.8. The number of amides is 2. The number of carbonyl (C=O) groups is 1. The van der Waals surface area contributed by atoms with Crippen molar-refractivity contribution in [1.29, 1.82) is 0 Å². The van der Waals surface area contributed by atoms with E-state index < -0.39 is 23.6 Å². The molecule has 216 valence electrons. The SMILES string of the molecule is CC1(C)OC[C@H](COc2cccc(NC(=O)N3c4nc(-c5cccc(C(F)(F)F)c5)c(Cl)cc4N4CC[C@H]3C4)n2)O1. The van der Waals surface area contributed by atoms with Crippen LogP contribution in [0.15, 0.2) is 48.5 Å². The zero-order valence-corrected chi connectivity index (χ0v) is 23.0. The summed E-state index contributed by atoms with van der Waals surface area (Å²) >= 11 is 6.53. The highest BCUT2D eigenvalue weighted by Gasteiger charge is 2.41. The average Bonchev–Trinajstić information content (AvgIpc) is 3.50.